The number of aryl methyl sites for hydroxylation is 1. The van der Waals surface area contributed by atoms with Crippen LogP contribution in [0.1, 0.15) is 31.7 Å². The van der Waals surface area contributed by atoms with Crippen LogP contribution in [-0.2, 0) is 6.42 Å². The van der Waals surface area contributed by atoms with E-state index >= 15 is 0 Å². The summed E-state index contributed by atoms with van der Waals surface area (Å²) in [5.74, 6) is 0. The van der Waals surface area contributed by atoms with Gasteiger partial charge in [-0.05, 0) is 44.7 Å². The Labute approximate surface area is 105 Å². The van der Waals surface area contributed by atoms with Gasteiger partial charge in [0.1, 0.15) is 0 Å². The van der Waals surface area contributed by atoms with Crippen LogP contribution in [0.4, 0.5) is 0 Å². The van der Waals surface area contributed by atoms with Gasteiger partial charge in [-0.2, -0.15) is 0 Å². The molecule has 1 aliphatic rings. The second-order valence-electron chi connectivity index (χ2n) is 5.13. The third-order valence-electron chi connectivity index (χ3n) is 3.27. The highest BCUT2D eigenvalue weighted by atomic mass is 15.0. The summed E-state index contributed by atoms with van der Waals surface area (Å²) in [6.45, 7) is 4.48. The summed E-state index contributed by atoms with van der Waals surface area (Å²) in [6, 6.07) is 12.1. The molecular formula is C15H24N2. The smallest absolute Gasteiger partial charge is 0.0164 e. The first-order valence-corrected chi connectivity index (χ1v) is 6.85. The van der Waals surface area contributed by atoms with Gasteiger partial charge < -0.3 is 10.6 Å². The molecule has 1 saturated carbocycles. The van der Waals surface area contributed by atoms with Crippen LogP contribution in [0.2, 0.25) is 0 Å². The Morgan fingerprint density at radius 1 is 1.24 bits per heavy atom. The van der Waals surface area contributed by atoms with E-state index in [0.717, 1.165) is 19.1 Å². The number of nitrogens with one attached hydrogen (secondary N) is 2. The highest BCUT2D eigenvalue weighted by molar-refractivity contribution is 5.14. The van der Waals surface area contributed by atoms with Gasteiger partial charge >= 0.3 is 0 Å². The molecule has 0 saturated heterocycles. The van der Waals surface area contributed by atoms with Crippen LogP contribution in [0.3, 0.4) is 0 Å². The lowest BCUT2D eigenvalue weighted by Crippen LogP contribution is -2.37. The van der Waals surface area contributed by atoms with Crippen LogP contribution in [0, 0.1) is 0 Å². The number of hydrogen-bond acceptors (Lipinski definition) is 2. The van der Waals surface area contributed by atoms with Crippen molar-refractivity contribution in [1.29, 1.82) is 0 Å². The van der Waals surface area contributed by atoms with Crippen molar-refractivity contribution >= 4 is 0 Å². The Bertz CT molecular complexity index is 306. The summed E-state index contributed by atoms with van der Waals surface area (Å²) < 4.78 is 0. The van der Waals surface area contributed by atoms with Crippen molar-refractivity contribution in [1.82, 2.24) is 10.6 Å². The molecule has 0 amide bonds. The molecule has 0 aliphatic heterocycles. The molecular weight excluding hydrogens is 208 g/mol. The third kappa shape index (κ3) is 5.33. The molecule has 0 spiro atoms. The van der Waals surface area contributed by atoms with Gasteiger partial charge in [0.05, 0.1) is 0 Å². The highest BCUT2D eigenvalue weighted by Crippen LogP contribution is 2.18. The van der Waals surface area contributed by atoms with Gasteiger partial charge in [0, 0.05) is 18.6 Å². The topological polar surface area (TPSA) is 24.1 Å². The zero-order valence-corrected chi connectivity index (χ0v) is 10.8. The fourth-order valence-corrected chi connectivity index (χ4v) is 1.99. The predicted octanol–water partition coefficient (Wildman–Crippen LogP) is 2.35. The zero-order valence-electron chi connectivity index (χ0n) is 10.8. The van der Waals surface area contributed by atoms with Gasteiger partial charge in [-0.25, -0.2) is 0 Å². The molecule has 1 aromatic rings. The first-order chi connectivity index (χ1) is 8.34. The monoisotopic (exact) mass is 232 g/mol. The van der Waals surface area contributed by atoms with E-state index in [9.17, 15) is 0 Å². The van der Waals surface area contributed by atoms with Crippen molar-refractivity contribution in [2.75, 3.05) is 13.1 Å². The zero-order chi connectivity index (χ0) is 11.9. The fraction of sp³-hybridized carbons (Fsp3) is 0.600. The molecule has 94 valence electrons. The molecule has 0 heterocycles. The molecule has 1 unspecified atom stereocenters. The van der Waals surface area contributed by atoms with E-state index in [1.54, 1.807) is 0 Å². The summed E-state index contributed by atoms with van der Waals surface area (Å²) >= 11 is 0. The molecule has 2 nitrogen and oxygen atoms in total. The van der Waals surface area contributed by atoms with E-state index in [1.165, 1.54) is 31.2 Å². The third-order valence-corrected chi connectivity index (χ3v) is 3.27. The average Bonchev–Trinajstić information content (AvgIpc) is 3.17. The van der Waals surface area contributed by atoms with Gasteiger partial charge in [-0.3, -0.25) is 0 Å². The lowest BCUT2D eigenvalue weighted by molar-refractivity contribution is 0.494. The van der Waals surface area contributed by atoms with E-state index in [0.29, 0.717) is 6.04 Å². The lowest BCUT2D eigenvalue weighted by Gasteiger charge is -2.14. The molecule has 1 fully saturated rings. The van der Waals surface area contributed by atoms with E-state index in [2.05, 4.69) is 47.9 Å². The second kappa shape index (κ2) is 6.77. The van der Waals surface area contributed by atoms with Crippen molar-refractivity contribution in [2.24, 2.45) is 0 Å². The van der Waals surface area contributed by atoms with Crippen LogP contribution >= 0.6 is 0 Å². The highest BCUT2D eigenvalue weighted by Gasteiger charge is 2.20. The molecule has 2 rings (SSSR count). The molecule has 1 atom stereocenters. The van der Waals surface area contributed by atoms with Crippen LogP contribution in [0.25, 0.3) is 0 Å². The Hall–Kier alpha value is -0.860. The maximum Gasteiger partial charge on any atom is 0.0164 e. The second-order valence-corrected chi connectivity index (χ2v) is 5.13. The quantitative estimate of drug-likeness (QED) is 0.672. The normalized spacial score (nSPS) is 17.0. The van der Waals surface area contributed by atoms with Gasteiger partial charge in [0.25, 0.3) is 0 Å². The van der Waals surface area contributed by atoms with E-state index in [-0.39, 0.29) is 0 Å². The minimum atomic E-state index is 0.589. The Morgan fingerprint density at radius 2 is 2.00 bits per heavy atom. The molecule has 1 aliphatic carbocycles. The summed E-state index contributed by atoms with van der Waals surface area (Å²) in [5, 5.41) is 7.13. The molecule has 0 radical (unpaired) electrons. The standard InChI is InChI=1S/C15H24N2/c1-13(12-17-15-9-10-15)16-11-5-8-14-6-3-2-4-7-14/h2-4,6-7,13,15-17H,5,8-12H2,1H3. The molecule has 1 aromatic carbocycles. The lowest BCUT2D eigenvalue weighted by atomic mass is 10.1. The number of hydrogen-bond donors (Lipinski definition) is 2. The predicted molar refractivity (Wildman–Crippen MR) is 73.3 cm³/mol. The van der Waals surface area contributed by atoms with Crippen LogP contribution in [0.5, 0.6) is 0 Å². The van der Waals surface area contributed by atoms with Crippen molar-refractivity contribution in [3.63, 3.8) is 0 Å². The van der Waals surface area contributed by atoms with Gasteiger partial charge in [-0.15, -0.1) is 0 Å². The van der Waals surface area contributed by atoms with Crippen molar-refractivity contribution in [3.05, 3.63) is 35.9 Å². The van der Waals surface area contributed by atoms with Gasteiger partial charge in [0.15, 0.2) is 0 Å². The first kappa shape index (κ1) is 12.6. The average molecular weight is 232 g/mol. The van der Waals surface area contributed by atoms with Gasteiger partial charge in [-0.1, -0.05) is 30.3 Å². The minimum absolute atomic E-state index is 0.589. The molecule has 0 bridgehead atoms. The largest absolute Gasteiger partial charge is 0.313 e. The Balaban J connectivity index is 1.50. The molecule has 17 heavy (non-hydrogen) atoms. The maximum absolute atomic E-state index is 3.57. The van der Waals surface area contributed by atoms with Crippen LogP contribution < -0.4 is 10.6 Å². The fourth-order valence-electron chi connectivity index (χ4n) is 1.99. The molecule has 2 N–H and O–H groups in total. The van der Waals surface area contributed by atoms with Crippen LogP contribution in [0.15, 0.2) is 30.3 Å². The van der Waals surface area contributed by atoms with Crippen molar-refractivity contribution < 1.29 is 0 Å². The number of benzene rings is 1. The Morgan fingerprint density at radius 3 is 2.71 bits per heavy atom. The summed E-state index contributed by atoms with van der Waals surface area (Å²) in [4.78, 5) is 0. The van der Waals surface area contributed by atoms with E-state index in [4.69, 9.17) is 0 Å². The van der Waals surface area contributed by atoms with Crippen molar-refractivity contribution in [2.45, 2.75) is 44.7 Å². The van der Waals surface area contributed by atoms with Crippen molar-refractivity contribution in [3.8, 4) is 0 Å². The van der Waals surface area contributed by atoms with E-state index in [1.807, 2.05) is 0 Å². The number of rotatable bonds is 8. The van der Waals surface area contributed by atoms with Crippen LogP contribution in [-0.4, -0.2) is 25.2 Å². The van der Waals surface area contributed by atoms with Gasteiger partial charge in [0.2, 0.25) is 0 Å². The summed E-state index contributed by atoms with van der Waals surface area (Å²) in [6.07, 6.45) is 5.15. The molecule has 2 heteroatoms. The minimum Gasteiger partial charge on any atom is -0.313 e. The first-order valence-electron chi connectivity index (χ1n) is 6.85. The summed E-state index contributed by atoms with van der Waals surface area (Å²) in [5.41, 5.74) is 1.44. The molecule has 0 aromatic heterocycles. The van der Waals surface area contributed by atoms with E-state index < -0.39 is 0 Å². The SMILES string of the molecule is CC(CNC1CC1)NCCCc1ccccc1. The Kier molecular flexibility index (Phi) is 5.02. The maximum atomic E-state index is 3.57. The summed E-state index contributed by atoms with van der Waals surface area (Å²) in [7, 11) is 0.